The number of halogens is 1. The van der Waals surface area contributed by atoms with Gasteiger partial charge in [0.1, 0.15) is 12.4 Å². The van der Waals surface area contributed by atoms with E-state index in [1.807, 2.05) is 0 Å². The maximum Gasteiger partial charge on any atom is 0.124 e. The number of rotatable bonds is 5. The first-order valence-electron chi connectivity index (χ1n) is 7.06. The molecule has 1 aromatic rings. The Morgan fingerprint density at radius 2 is 1.95 bits per heavy atom. The minimum Gasteiger partial charge on any atom is -0.384 e. The van der Waals surface area contributed by atoms with Crippen molar-refractivity contribution in [2.24, 2.45) is 5.92 Å². The SMILES string of the molecule is CC(C)CN(Cc1ccc(F)cc1C#CCO)C(C)C. The largest absolute Gasteiger partial charge is 0.384 e. The molecule has 0 fully saturated rings. The molecule has 0 bridgehead atoms. The summed E-state index contributed by atoms with van der Waals surface area (Å²) >= 11 is 0. The van der Waals surface area contributed by atoms with Crippen LogP contribution in [0.5, 0.6) is 0 Å². The Bertz CT molecular complexity index is 485. The van der Waals surface area contributed by atoms with E-state index < -0.39 is 0 Å². The summed E-state index contributed by atoms with van der Waals surface area (Å²) in [4.78, 5) is 2.35. The van der Waals surface area contributed by atoms with Gasteiger partial charge in [0.05, 0.1) is 0 Å². The smallest absolute Gasteiger partial charge is 0.124 e. The van der Waals surface area contributed by atoms with Crippen LogP contribution in [0.25, 0.3) is 0 Å². The summed E-state index contributed by atoms with van der Waals surface area (Å²) in [7, 11) is 0. The molecule has 110 valence electrons. The highest BCUT2D eigenvalue weighted by molar-refractivity contribution is 5.41. The zero-order chi connectivity index (χ0) is 15.1. The molecule has 1 N–H and O–H groups in total. The van der Waals surface area contributed by atoms with Gasteiger partial charge in [0, 0.05) is 24.7 Å². The number of aliphatic hydroxyl groups excluding tert-OH is 1. The van der Waals surface area contributed by atoms with Gasteiger partial charge < -0.3 is 5.11 Å². The maximum absolute atomic E-state index is 13.3. The second-order valence-electron chi connectivity index (χ2n) is 5.68. The van der Waals surface area contributed by atoms with E-state index in [4.69, 9.17) is 5.11 Å². The van der Waals surface area contributed by atoms with Crippen LogP contribution in [0.15, 0.2) is 18.2 Å². The number of hydrogen-bond donors (Lipinski definition) is 1. The van der Waals surface area contributed by atoms with Crippen molar-refractivity contribution in [3.05, 3.63) is 35.1 Å². The average Bonchev–Trinajstić information content (AvgIpc) is 2.37. The Balaban J connectivity index is 2.99. The minimum atomic E-state index is -0.295. The van der Waals surface area contributed by atoms with Crippen LogP contribution in [-0.2, 0) is 6.54 Å². The van der Waals surface area contributed by atoms with Gasteiger partial charge in [-0.3, -0.25) is 4.90 Å². The van der Waals surface area contributed by atoms with Crippen LogP contribution in [0.2, 0.25) is 0 Å². The lowest BCUT2D eigenvalue weighted by Gasteiger charge is -2.28. The molecule has 0 heterocycles. The quantitative estimate of drug-likeness (QED) is 0.836. The first-order valence-corrected chi connectivity index (χ1v) is 7.06. The van der Waals surface area contributed by atoms with Crippen LogP contribution in [0, 0.1) is 23.6 Å². The van der Waals surface area contributed by atoms with Crippen molar-refractivity contribution in [2.75, 3.05) is 13.2 Å². The van der Waals surface area contributed by atoms with Gasteiger partial charge in [-0.05, 0) is 37.5 Å². The topological polar surface area (TPSA) is 23.5 Å². The lowest BCUT2D eigenvalue weighted by molar-refractivity contribution is 0.189. The van der Waals surface area contributed by atoms with Gasteiger partial charge in [0.25, 0.3) is 0 Å². The molecule has 0 aliphatic rings. The van der Waals surface area contributed by atoms with E-state index in [-0.39, 0.29) is 12.4 Å². The van der Waals surface area contributed by atoms with Crippen molar-refractivity contribution in [3.8, 4) is 11.8 Å². The van der Waals surface area contributed by atoms with E-state index in [1.165, 1.54) is 12.1 Å². The first-order chi connectivity index (χ1) is 9.43. The Kier molecular flexibility index (Phi) is 6.70. The van der Waals surface area contributed by atoms with Gasteiger partial charge in [-0.25, -0.2) is 4.39 Å². The molecule has 0 saturated heterocycles. The van der Waals surface area contributed by atoms with Crippen LogP contribution < -0.4 is 0 Å². The van der Waals surface area contributed by atoms with Crippen molar-refractivity contribution in [1.29, 1.82) is 0 Å². The van der Waals surface area contributed by atoms with Crippen molar-refractivity contribution < 1.29 is 9.50 Å². The van der Waals surface area contributed by atoms with E-state index in [2.05, 4.69) is 44.4 Å². The van der Waals surface area contributed by atoms with Crippen LogP contribution in [-0.4, -0.2) is 29.2 Å². The molecule has 0 unspecified atom stereocenters. The molecule has 20 heavy (non-hydrogen) atoms. The first kappa shape index (κ1) is 16.7. The molecule has 0 saturated carbocycles. The lowest BCUT2D eigenvalue weighted by atomic mass is 10.1. The second kappa shape index (κ2) is 8.04. The number of nitrogens with zero attached hydrogens (tertiary/aromatic N) is 1. The summed E-state index contributed by atoms with van der Waals surface area (Å²) in [5.41, 5.74) is 1.66. The third-order valence-electron chi connectivity index (χ3n) is 3.08. The molecule has 1 rings (SSSR count). The van der Waals surface area contributed by atoms with Gasteiger partial charge in [0.2, 0.25) is 0 Å². The summed E-state index contributed by atoms with van der Waals surface area (Å²) in [6, 6.07) is 5.10. The second-order valence-corrected chi connectivity index (χ2v) is 5.68. The highest BCUT2D eigenvalue weighted by Gasteiger charge is 2.13. The molecule has 0 amide bonds. The van der Waals surface area contributed by atoms with Gasteiger partial charge in [0.15, 0.2) is 0 Å². The van der Waals surface area contributed by atoms with E-state index in [0.29, 0.717) is 17.5 Å². The number of aliphatic hydroxyl groups is 1. The third-order valence-corrected chi connectivity index (χ3v) is 3.08. The van der Waals surface area contributed by atoms with Crippen molar-refractivity contribution in [3.63, 3.8) is 0 Å². The van der Waals surface area contributed by atoms with Crippen LogP contribution in [0.3, 0.4) is 0 Å². The number of benzene rings is 1. The fraction of sp³-hybridized carbons (Fsp3) is 0.529. The van der Waals surface area contributed by atoms with Crippen molar-refractivity contribution >= 4 is 0 Å². The molecule has 0 aromatic heterocycles. The molecule has 0 radical (unpaired) electrons. The zero-order valence-corrected chi connectivity index (χ0v) is 12.8. The molecule has 0 spiro atoms. The monoisotopic (exact) mass is 277 g/mol. The van der Waals surface area contributed by atoms with E-state index in [0.717, 1.165) is 18.7 Å². The Morgan fingerprint density at radius 3 is 2.50 bits per heavy atom. The molecule has 3 heteroatoms. The van der Waals surface area contributed by atoms with E-state index >= 15 is 0 Å². The normalized spacial score (nSPS) is 11.1. The van der Waals surface area contributed by atoms with E-state index in [9.17, 15) is 4.39 Å². The Morgan fingerprint density at radius 1 is 1.25 bits per heavy atom. The van der Waals surface area contributed by atoms with Crippen molar-refractivity contribution in [1.82, 2.24) is 4.90 Å². The van der Waals surface area contributed by atoms with E-state index in [1.54, 1.807) is 6.07 Å². The molecular formula is C17H24FNO. The van der Waals surface area contributed by atoms with Crippen molar-refractivity contribution in [2.45, 2.75) is 40.3 Å². The summed E-state index contributed by atoms with van der Waals surface area (Å²) < 4.78 is 13.3. The Hall–Kier alpha value is -1.37. The number of hydrogen-bond acceptors (Lipinski definition) is 2. The van der Waals surface area contributed by atoms with Crippen LogP contribution in [0.4, 0.5) is 4.39 Å². The molecular weight excluding hydrogens is 253 g/mol. The highest BCUT2D eigenvalue weighted by Crippen LogP contribution is 2.16. The molecule has 1 aromatic carbocycles. The van der Waals surface area contributed by atoms with Crippen LogP contribution >= 0.6 is 0 Å². The lowest BCUT2D eigenvalue weighted by Crippen LogP contribution is -2.33. The van der Waals surface area contributed by atoms with Crippen LogP contribution in [0.1, 0.15) is 38.8 Å². The van der Waals surface area contributed by atoms with Gasteiger partial charge in [-0.1, -0.05) is 31.8 Å². The fourth-order valence-corrected chi connectivity index (χ4v) is 2.08. The predicted molar refractivity (Wildman–Crippen MR) is 80.7 cm³/mol. The summed E-state index contributed by atoms with van der Waals surface area (Å²) in [6.07, 6.45) is 0. The molecule has 2 nitrogen and oxygen atoms in total. The maximum atomic E-state index is 13.3. The summed E-state index contributed by atoms with van der Waals surface area (Å²) in [6.45, 7) is 10.2. The predicted octanol–water partition coefficient (Wildman–Crippen LogP) is 3.04. The summed E-state index contributed by atoms with van der Waals surface area (Å²) in [5, 5.41) is 8.80. The summed E-state index contributed by atoms with van der Waals surface area (Å²) in [5.74, 6) is 5.71. The zero-order valence-electron chi connectivity index (χ0n) is 12.8. The van der Waals surface area contributed by atoms with Gasteiger partial charge >= 0.3 is 0 Å². The average molecular weight is 277 g/mol. The van der Waals surface area contributed by atoms with Gasteiger partial charge in [-0.2, -0.15) is 0 Å². The molecule has 0 aliphatic heterocycles. The van der Waals surface area contributed by atoms with Gasteiger partial charge in [-0.15, -0.1) is 0 Å². The highest BCUT2D eigenvalue weighted by atomic mass is 19.1. The standard InChI is InChI=1S/C17H24FNO/c1-13(2)11-19(14(3)4)12-16-7-8-17(18)10-15(16)6-5-9-20/h7-8,10,13-14,20H,9,11-12H2,1-4H3. The Labute approximate surface area is 121 Å². The molecule has 0 atom stereocenters. The minimum absolute atomic E-state index is 0.212. The third kappa shape index (κ3) is 5.32. The molecule has 0 aliphatic carbocycles. The fourth-order valence-electron chi connectivity index (χ4n) is 2.08.